The summed E-state index contributed by atoms with van der Waals surface area (Å²) < 4.78 is 16.2. The zero-order chi connectivity index (χ0) is 23.2. The molecule has 1 unspecified atom stereocenters. The lowest BCUT2D eigenvalue weighted by Crippen LogP contribution is -2.47. The van der Waals surface area contributed by atoms with Gasteiger partial charge in [0, 0.05) is 49.1 Å². The highest BCUT2D eigenvalue weighted by molar-refractivity contribution is 7.99. The summed E-state index contributed by atoms with van der Waals surface area (Å²) in [6, 6.07) is 10.7. The van der Waals surface area contributed by atoms with E-state index < -0.39 is 5.82 Å². The number of fused-ring (bicyclic) bond motifs is 1. The molecule has 8 heteroatoms. The van der Waals surface area contributed by atoms with Crippen LogP contribution in [0.5, 0.6) is 5.75 Å². The molecule has 0 bridgehead atoms. The molecule has 0 spiro atoms. The van der Waals surface area contributed by atoms with E-state index in [2.05, 4.69) is 31.8 Å². The van der Waals surface area contributed by atoms with Gasteiger partial charge in [0.25, 0.3) is 0 Å². The number of phenolic OH excluding ortho intramolecular Hbond substituents is 1. The molecule has 4 aromatic rings. The first-order chi connectivity index (χ1) is 16.5. The SMILES string of the molecule is Cc1cn2cc(-c3ccc(-c4ccc(C5CN(CC6CCSC6)C5)nn4)c(O)c3)cc(F)c2n1. The number of aromatic hydroxyl groups is 1. The Labute approximate surface area is 201 Å². The minimum Gasteiger partial charge on any atom is -0.507 e. The molecule has 5 heterocycles. The zero-order valence-electron chi connectivity index (χ0n) is 19.0. The lowest BCUT2D eigenvalue weighted by Gasteiger charge is -2.40. The van der Waals surface area contributed by atoms with Crippen molar-refractivity contribution in [3.05, 3.63) is 66.0 Å². The molecule has 3 aromatic heterocycles. The van der Waals surface area contributed by atoms with E-state index in [4.69, 9.17) is 0 Å². The fourth-order valence-electron chi connectivity index (χ4n) is 4.97. The van der Waals surface area contributed by atoms with Gasteiger partial charge in [0.1, 0.15) is 5.75 Å². The van der Waals surface area contributed by atoms with Crippen LogP contribution >= 0.6 is 11.8 Å². The second kappa shape index (κ2) is 8.67. The third kappa shape index (κ3) is 4.05. The van der Waals surface area contributed by atoms with E-state index in [1.54, 1.807) is 22.7 Å². The predicted octanol–water partition coefficient (Wildman–Crippen LogP) is 4.76. The number of benzene rings is 1. The standard InChI is InChI=1S/C26H26FN5OS/c1-16-10-32-14-19(8-22(27)26(32)28-16)18-2-3-21(25(33)9-18)24-5-4-23(29-30-24)20-12-31(13-20)11-17-6-7-34-15-17/h2-5,8-10,14,17,20,33H,6-7,11-13,15H2,1H3. The highest BCUT2D eigenvalue weighted by atomic mass is 32.2. The fourth-order valence-corrected chi connectivity index (χ4v) is 6.24. The van der Waals surface area contributed by atoms with Gasteiger partial charge >= 0.3 is 0 Å². The average Bonchev–Trinajstić information content (AvgIpc) is 3.45. The van der Waals surface area contributed by atoms with E-state index in [-0.39, 0.29) is 5.75 Å². The lowest BCUT2D eigenvalue weighted by molar-refractivity contribution is 0.126. The number of nitrogens with zero attached hydrogens (tertiary/aromatic N) is 5. The first-order valence-electron chi connectivity index (χ1n) is 11.7. The maximum Gasteiger partial charge on any atom is 0.173 e. The smallest absolute Gasteiger partial charge is 0.173 e. The van der Waals surface area contributed by atoms with Gasteiger partial charge in [0.05, 0.1) is 17.1 Å². The van der Waals surface area contributed by atoms with Crippen molar-refractivity contribution in [2.45, 2.75) is 19.3 Å². The summed E-state index contributed by atoms with van der Waals surface area (Å²) in [5.41, 5.74) is 4.67. The maximum absolute atomic E-state index is 14.5. The van der Waals surface area contributed by atoms with Gasteiger partial charge in [-0.2, -0.15) is 22.0 Å². The summed E-state index contributed by atoms with van der Waals surface area (Å²) in [4.78, 5) is 6.72. The van der Waals surface area contributed by atoms with Crippen LogP contribution in [0.25, 0.3) is 28.0 Å². The molecule has 34 heavy (non-hydrogen) atoms. The number of imidazole rings is 1. The van der Waals surface area contributed by atoms with Gasteiger partial charge in [-0.25, -0.2) is 9.37 Å². The summed E-state index contributed by atoms with van der Waals surface area (Å²) in [6.07, 6.45) is 4.94. The normalized spacial score (nSPS) is 19.1. The molecule has 2 aliphatic heterocycles. The molecule has 6 rings (SSSR count). The highest BCUT2D eigenvalue weighted by Gasteiger charge is 2.31. The number of phenols is 1. The van der Waals surface area contributed by atoms with Gasteiger partial charge in [0.15, 0.2) is 11.5 Å². The molecular weight excluding hydrogens is 449 g/mol. The Bertz CT molecular complexity index is 1340. The van der Waals surface area contributed by atoms with Gasteiger partial charge < -0.3 is 14.4 Å². The van der Waals surface area contributed by atoms with Gasteiger partial charge in [-0.3, -0.25) is 0 Å². The van der Waals surface area contributed by atoms with E-state index in [1.165, 1.54) is 30.5 Å². The Morgan fingerprint density at radius 2 is 1.97 bits per heavy atom. The van der Waals surface area contributed by atoms with Crippen LogP contribution in [0.15, 0.2) is 48.8 Å². The van der Waals surface area contributed by atoms with Crippen molar-refractivity contribution < 1.29 is 9.50 Å². The van der Waals surface area contributed by atoms with Gasteiger partial charge in [-0.05, 0) is 66.7 Å². The first-order valence-corrected chi connectivity index (χ1v) is 12.8. The molecule has 2 saturated heterocycles. The van der Waals surface area contributed by atoms with Crippen molar-refractivity contribution in [3.63, 3.8) is 0 Å². The van der Waals surface area contributed by atoms with Crippen LogP contribution in [-0.2, 0) is 0 Å². The number of aryl methyl sites for hydroxylation is 1. The lowest BCUT2D eigenvalue weighted by atomic mass is 9.94. The Morgan fingerprint density at radius 1 is 1.09 bits per heavy atom. The Morgan fingerprint density at radius 3 is 2.71 bits per heavy atom. The van der Waals surface area contributed by atoms with Crippen molar-refractivity contribution in [1.29, 1.82) is 0 Å². The number of hydrogen-bond acceptors (Lipinski definition) is 6. The molecule has 1 aromatic carbocycles. The number of halogens is 1. The molecule has 6 nitrogen and oxygen atoms in total. The summed E-state index contributed by atoms with van der Waals surface area (Å²) in [5, 5.41) is 19.6. The van der Waals surface area contributed by atoms with E-state index in [9.17, 15) is 9.50 Å². The quantitative estimate of drug-likeness (QED) is 0.449. The second-order valence-corrected chi connectivity index (χ2v) is 10.6. The Hall–Kier alpha value is -2.97. The number of rotatable bonds is 5. The van der Waals surface area contributed by atoms with Crippen molar-refractivity contribution >= 4 is 17.4 Å². The van der Waals surface area contributed by atoms with Crippen LogP contribution < -0.4 is 0 Å². The number of aromatic nitrogens is 4. The van der Waals surface area contributed by atoms with E-state index >= 15 is 0 Å². The summed E-state index contributed by atoms with van der Waals surface area (Å²) in [5.74, 6) is 3.57. The van der Waals surface area contributed by atoms with Gasteiger partial charge in [-0.1, -0.05) is 6.07 Å². The molecule has 0 radical (unpaired) electrons. The summed E-state index contributed by atoms with van der Waals surface area (Å²) in [7, 11) is 0. The number of likely N-dealkylation sites (tertiary alicyclic amines) is 1. The van der Waals surface area contributed by atoms with E-state index in [1.807, 2.05) is 31.3 Å². The molecule has 1 N–H and O–H groups in total. The highest BCUT2D eigenvalue weighted by Crippen LogP contribution is 2.34. The van der Waals surface area contributed by atoms with Gasteiger partial charge in [0.2, 0.25) is 0 Å². The third-order valence-corrected chi connectivity index (χ3v) is 8.07. The van der Waals surface area contributed by atoms with Crippen molar-refractivity contribution in [2.24, 2.45) is 5.92 Å². The number of pyridine rings is 1. The van der Waals surface area contributed by atoms with Crippen LogP contribution in [0.4, 0.5) is 4.39 Å². The molecule has 2 fully saturated rings. The molecular formula is C26H26FN5OS. The van der Waals surface area contributed by atoms with Crippen LogP contribution in [0, 0.1) is 18.7 Å². The molecule has 0 saturated carbocycles. The van der Waals surface area contributed by atoms with Crippen LogP contribution in [0.3, 0.4) is 0 Å². The Balaban J connectivity index is 1.17. The largest absolute Gasteiger partial charge is 0.507 e. The first kappa shape index (κ1) is 21.6. The van der Waals surface area contributed by atoms with Crippen LogP contribution in [-0.4, -0.2) is 60.7 Å². The average molecular weight is 476 g/mol. The Kier molecular flexibility index (Phi) is 5.50. The van der Waals surface area contributed by atoms with Crippen LogP contribution in [0.1, 0.15) is 23.7 Å². The third-order valence-electron chi connectivity index (χ3n) is 6.83. The van der Waals surface area contributed by atoms with Crippen molar-refractivity contribution in [2.75, 3.05) is 31.1 Å². The zero-order valence-corrected chi connectivity index (χ0v) is 19.8. The maximum atomic E-state index is 14.5. The monoisotopic (exact) mass is 475 g/mol. The topological polar surface area (TPSA) is 66.5 Å². The van der Waals surface area contributed by atoms with E-state index in [0.717, 1.165) is 30.4 Å². The minimum absolute atomic E-state index is 0.0890. The summed E-state index contributed by atoms with van der Waals surface area (Å²) >= 11 is 2.07. The van der Waals surface area contributed by atoms with Gasteiger partial charge in [-0.15, -0.1) is 0 Å². The minimum atomic E-state index is -0.396. The van der Waals surface area contributed by atoms with Crippen molar-refractivity contribution in [1.82, 2.24) is 24.5 Å². The van der Waals surface area contributed by atoms with Crippen molar-refractivity contribution in [3.8, 4) is 28.1 Å². The van der Waals surface area contributed by atoms with Crippen LogP contribution in [0.2, 0.25) is 0 Å². The summed E-state index contributed by atoms with van der Waals surface area (Å²) in [6.45, 7) is 5.13. The molecule has 2 aliphatic rings. The second-order valence-electron chi connectivity index (χ2n) is 9.41. The van der Waals surface area contributed by atoms with E-state index in [0.29, 0.717) is 33.9 Å². The fraction of sp³-hybridized carbons (Fsp3) is 0.346. The molecule has 174 valence electrons. The predicted molar refractivity (Wildman–Crippen MR) is 133 cm³/mol. The molecule has 0 amide bonds. The number of hydrogen-bond donors (Lipinski definition) is 1. The molecule has 1 atom stereocenters. The number of thioether (sulfide) groups is 1. The molecule has 0 aliphatic carbocycles.